The molecule has 0 aliphatic carbocycles. The SMILES string of the molecule is Cc1ccccc1OCCNc1ncnc(Br)c1C. The Kier molecular flexibility index (Phi) is 4.74. The summed E-state index contributed by atoms with van der Waals surface area (Å²) in [5, 5.41) is 3.24. The van der Waals surface area contributed by atoms with E-state index in [1.807, 2.05) is 38.1 Å². The van der Waals surface area contributed by atoms with E-state index in [0.29, 0.717) is 13.2 Å². The lowest BCUT2D eigenvalue weighted by Crippen LogP contribution is -2.13. The summed E-state index contributed by atoms with van der Waals surface area (Å²) < 4.78 is 6.52. The molecular formula is C14H16BrN3O. The van der Waals surface area contributed by atoms with Gasteiger partial charge in [0.2, 0.25) is 0 Å². The molecule has 4 nitrogen and oxygen atoms in total. The van der Waals surface area contributed by atoms with Crippen LogP contribution in [0.3, 0.4) is 0 Å². The summed E-state index contributed by atoms with van der Waals surface area (Å²) in [7, 11) is 0. The quantitative estimate of drug-likeness (QED) is 0.677. The van der Waals surface area contributed by atoms with E-state index in [-0.39, 0.29) is 0 Å². The number of halogens is 1. The number of benzene rings is 1. The molecule has 1 aromatic heterocycles. The van der Waals surface area contributed by atoms with Crippen LogP contribution in [0.5, 0.6) is 5.75 Å². The van der Waals surface area contributed by atoms with Crippen LogP contribution in [0.4, 0.5) is 5.82 Å². The van der Waals surface area contributed by atoms with E-state index >= 15 is 0 Å². The summed E-state index contributed by atoms with van der Waals surface area (Å²) in [6, 6.07) is 7.99. The molecule has 0 saturated heterocycles. The van der Waals surface area contributed by atoms with Crippen LogP contribution in [0, 0.1) is 13.8 Å². The predicted molar refractivity (Wildman–Crippen MR) is 79.6 cm³/mol. The molecule has 100 valence electrons. The zero-order valence-electron chi connectivity index (χ0n) is 11.0. The van der Waals surface area contributed by atoms with Gasteiger partial charge in [-0.25, -0.2) is 9.97 Å². The number of anilines is 1. The Hall–Kier alpha value is -1.62. The highest BCUT2D eigenvalue weighted by Crippen LogP contribution is 2.18. The average Bonchev–Trinajstić information content (AvgIpc) is 2.41. The molecule has 0 atom stereocenters. The first kappa shape index (κ1) is 13.8. The fourth-order valence-corrected chi connectivity index (χ4v) is 1.94. The summed E-state index contributed by atoms with van der Waals surface area (Å²) in [6.07, 6.45) is 1.53. The van der Waals surface area contributed by atoms with Crippen LogP contribution in [0.15, 0.2) is 35.2 Å². The van der Waals surface area contributed by atoms with E-state index in [0.717, 1.165) is 27.3 Å². The van der Waals surface area contributed by atoms with Crippen LogP contribution in [0.2, 0.25) is 0 Å². The fourth-order valence-electron chi connectivity index (χ4n) is 1.66. The van der Waals surface area contributed by atoms with Crippen molar-refractivity contribution in [3.05, 3.63) is 46.3 Å². The lowest BCUT2D eigenvalue weighted by Gasteiger charge is -2.11. The lowest BCUT2D eigenvalue weighted by molar-refractivity contribution is 0.330. The standard InChI is InChI=1S/C14H16BrN3O/c1-10-5-3-4-6-12(10)19-8-7-16-14-11(2)13(15)17-9-18-14/h3-6,9H,7-8H2,1-2H3,(H,16,17,18). The molecule has 0 aliphatic heterocycles. The van der Waals surface area contributed by atoms with Crippen molar-refractivity contribution in [1.29, 1.82) is 0 Å². The Morgan fingerprint density at radius 3 is 2.79 bits per heavy atom. The van der Waals surface area contributed by atoms with Crippen molar-refractivity contribution in [1.82, 2.24) is 9.97 Å². The van der Waals surface area contributed by atoms with Crippen LogP contribution >= 0.6 is 15.9 Å². The molecule has 2 rings (SSSR count). The van der Waals surface area contributed by atoms with Crippen LogP contribution < -0.4 is 10.1 Å². The topological polar surface area (TPSA) is 47.0 Å². The first-order chi connectivity index (χ1) is 9.18. The van der Waals surface area contributed by atoms with Crippen LogP contribution in [-0.4, -0.2) is 23.1 Å². The number of nitrogens with zero attached hydrogens (tertiary/aromatic N) is 2. The van der Waals surface area contributed by atoms with Crippen molar-refractivity contribution in [3.63, 3.8) is 0 Å². The molecule has 0 fully saturated rings. The molecule has 5 heteroatoms. The highest BCUT2D eigenvalue weighted by molar-refractivity contribution is 9.10. The summed E-state index contributed by atoms with van der Waals surface area (Å²) >= 11 is 3.38. The van der Waals surface area contributed by atoms with E-state index in [1.54, 1.807) is 0 Å². The van der Waals surface area contributed by atoms with Gasteiger partial charge in [-0.15, -0.1) is 0 Å². The van der Waals surface area contributed by atoms with Gasteiger partial charge in [-0.2, -0.15) is 0 Å². The number of ether oxygens (including phenoxy) is 1. The maximum absolute atomic E-state index is 5.71. The van der Waals surface area contributed by atoms with E-state index in [1.165, 1.54) is 6.33 Å². The number of hydrogen-bond donors (Lipinski definition) is 1. The Balaban J connectivity index is 1.84. The second-order valence-corrected chi connectivity index (χ2v) is 4.93. The molecule has 0 amide bonds. The minimum atomic E-state index is 0.589. The molecule has 0 spiro atoms. The number of rotatable bonds is 5. The van der Waals surface area contributed by atoms with Crippen molar-refractivity contribution in [3.8, 4) is 5.75 Å². The van der Waals surface area contributed by atoms with Gasteiger partial charge in [0.1, 0.15) is 29.1 Å². The summed E-state index contributed by atoms with van der Waals surface area (Å²) in [6.45, 7) is 5.29. The van der Waals surface area contributed by atoms with Gasteiger partial charge in [0.25, 0.3) is 0 Å². The van der Waals surface area contributed by atoms with Crippen LogP contribution in [0.1, 0.15) is 11.1 Å². The van der Waals surface area contributed by atoms with E-state index in [9.17, 15) is 0 Å². The molecule has 1 heterocycles. The maximum Gasteiger partial charge on any atom is 0.133 e. The average molecular weight is 322 g/mol. The molecule has 19 heavy (non-hydrogen) atoms. The van der Waals surface area contributed by atoms with Gasteiger partial charge in [-0.3, -0.25) is 0 Å². The first-order valence-electron chi connectivity index (χ1n) is 6.08. The first-order valence-corrected chi connectivity index (χ1v) is 6.87. The summed E-state index contributed by atoms with van der Waals surface area (Å²) in [5.74, 6) is 1.75. The monoisotopic (exact) mass is 321 g/mol. The van der Waals surface area contributed by atoms with Gasteiger partial charge >= 0.3 is 0 Å². The van der Waals surface area contributed by atoms with Crippen molar-refractivity contribution in [2.75, 3.05) is 18.5 Å². The predicted octanol–water partition coefficient (Wildman–Crippen LogP) is 3.35. The molecule has 1 aromatic carbocycles. The van der Waals surface area contributed by atoms with Crippen molar-refractivity contribution in [2.45, 2.75) is 13.8 Å². The summed E-state index contributed by atoms with van der Waals surface area (Å²) in [4.78, 5) is 8.25. The van der Waals surface area contributed by atoms with Crippen molar-refractivity contribution < 1.29 is 4.74 Å². The van der Waals surface area contributed by atoms with E-state index in [2.05, 4.69) is 31.2 Å². The molecule has 1 N–H and O–H groups in total. The van der Waals surface area contributed by atoms with Gasteiger partial charge in [0.15, 0.2) is 0 Å². The van der Waals surface area contributed by atoms with Crippen molar-refractivity contribution >= 4 is 21.7 Å². The van der Waals surface area contributed by atoms with Gasteiger partial charge in [-0.1, -0.05) is 18.2 Å². The molecular weight excluding hydrogens is 306 g/mol. The third-order valence-electron chi connectivity index (χ3n) is 2.77. The Labute approximate surface area is 121 Å². The highest BCUT2D eigenvalue weighted by atomic mass is 79.9. The highest BCUT2D eigenvalue weighted by Gasteiger charge is 2.03. The van der Waals surface area contributed by atoms with Crippen LogP contribution in [-0.2, 0) is 0 Å². The zero-order valence-corrected chi connectivity index (χ0v) is 12.6. The third-order valence-corrected chi connectivity index (χ3v) is 3.57. The fraction of sp³-hybridized carbons (Fsp3) is 0.286. The molecule has 0 aliphatic rings. The third kappa shape index (κ3) is 3.67. The van der Waals surface area contributed by atoms with Gasteiger partial charge in [0.05, 0.1) is 6.54 Å². The maximum atomic E-state index is 5.71. The normalized spacial score (nSPS) is 10.3. The number of nitrogens with one attached hydrogen (secondary N) is 1. The van der Waals surface area contributed by atoms with Crippen molar-refractivity contribution in [2.24, 2.45) is 0 Å². The number of aryl methyl sites for hydroxylation is 1. The Morgan fingerprint density at radius 2 is 2.00 bits per heavy atom. The lowest BCUT2D eigenvalue weighted by atomic mass is 10.2. The number of aromatic nitrogens is 2. The Morgan fingerprint density at radius 1 is 1.21 bits per heavy atom. The Bertz CT molecular complexity index is 560. The smallest absolute Gasteiger partial charge is 0.133 e. The summed E-state index contributed by atoms with van der Waals surface area (Å²) in [5.41, 5.74) is 2.14. The zero-order chi connectivity index (χ0) is 13.7. The molecule has 2 aromatic rings. The largest absolute Gasteiger partial charge is 0.491 e. The molecule has 0 bridgehead atoms. The van der Waals surface area contributed by atoms with E-state index in [4.69, 9.17) is 4.74 Å². The van der Waals surface area contributed by atoms with Gasteiger partial charge in [0, 0.05) is 5.56 Å². The molecule has 0 unspecified atom stereocenters. The van der Waals surface area contributed by atoms with Crippen LogP contribution in [0.25, 0.3) is 0 Å². The minimum Gasteiger partial charge on any atom is -0.491 e. The second-order valence-electron chi connectivity index (χ2n) is 4.18. The minimum absolute atomic E-state index is 0.589. The van der Waals surface area contributed by atoms with Gasteiger partial charge < -0.3 is 10.1 Å². The number of para-hydroxylation sites is 1. The molecule has 0 radical (unpaired) electrons. The second kappa shape index (κ2) is 6.52. The van der Waals surface area contributed by atoms with Gasteiger partial charge in [-0.05, 0) is 41.4 Å². The number of hydrogen-bond acceptors (Lipinski definition) is 4. The van der Waals surface area contributed by atoms with E-state index < -0.39 is 0 Å². The molecule has 0 saturated carbocycles.